The molecule has 2 saturated heterocycles. The number of hydrogen-bond donors (Lipinski definition) is 2. The lowest BCUT2D eigenvalue weighted by molar-refractivity contribution is 0.183. The van der Waals surface area contributed by atoms with Gasteiger partial charge in [-0.05, 0) is 63.8 Å². The molecule has 0 aliphatic carbocycles. The van der Waals surface area contributed by atoms with E-state index >= 15 is 0 Å². The molecule has 1 unspecified atom stereocenters. The van der Waals surface area contributed by atoms with Gasteiger partial charge >= 0.3 is 0 Å². The normalized spacial score (nSPS) is 29.6. The van der Waals surface area contributed by atoms with E-state index in [1.165, 1.54) is 58.4 Å². The minimum absolute atomic E-state index is 0.409. The molecule has 1 atom stereocenters. The zero-order valence-corrected chi connectivity index (χ0v) is 11.6. The van der Waals surface area contributed by atoms with Gasteiger partial charge in [-0.25, -0.2) is 0 Å². The van der Waals surface area contributed by atoms with Crippen molar-refractivity contribution in [3.63, 3.8) is 0 Å². The summed E-state index contributed by atoms with van der Waals surface area (Å²) in [5.74, 6) is 0. The van der Waals surface area contributed by atoms with Crippen LogP contribution in [-0.2, 0) is 0 Å². The molecule has 0 radical (unpaired) electrons. The van der Waals surface area contributed by atoms with E-state index in [1.54, 1.807) is 0 Å². The zero-order valence-electron chi connectivity index (χ0n) is 11.6. The topological polar surface area (TPSA) is 27.3 Å². The van der Waals surface area contributed by atoms with Gasteiger partial charge in [-0.1, -0.05) is 13.8 Å². The van der Waals surface area contributed by atoms with Crippen molar-refractivity contribution in [2.24, 2.45) is 5.41 Å². The fraction of sp³-hybridized carbons (Fsp3) is 1.00. The number of nitrogens with one attached hydrogen (secondary N) is 2. The van der Waals surface area contributed by atoms with E-state index < -0.39 is 0 Å². The Morgan fingerprint density at radius 1 is 1.29 bits per heavy atom. The Labute approximate surface area is 106 Å². The quantitative estimate of drug-likeness (QED) is 0.711. The largest absolute Gasteiger partial charge is 0.316 e. The first kappa shape index (κ1) is 13.3. The molecule has 0 bridgehead atoms. The predicted molar refractivity (Wildman–Crippen MR) is 73.3 cm³/mol. The van der Waals surface area contributed by atoms with Crippen LogP contribution in [0.3, 0.4) is 0 Å². The summed E-state index contributed by atoms with van der Waals surface area (Å²) in [4.78, 5) is 2.61. The van der Waals surface area contributed by atoms with E-state index in [1.807, 2.05) is 0 Å². The van der Waals surface area contributed by atoms with Gasteiger partial charge in [-0.2, -0.15) is 0 Å². The van der Waals surface area contributed by atoms with Crippen LogP contribution >= 0.6 is 0 Å². The van der Waals surface area contributed by atoms with Crippen molar-refractivity contribution in [1.29, 1.82) is 0 Å². The average Bonchev–Trinajstić information content (AvgIpc) is 2.79. The molecule has 0 aromatic heterocycles. The van der Waals surface area contributed by atoms with Crippen LogP contribution in [0.4, 0.5) is 0 Å². The maximum Gasteiger partial charge on any atom is 0.0142 e. The van der Waals surface area contributed by atoms with Gasteiger partial charge in [-0.3, -0.25) is 0 Å². The van der Waals surface area contributed by atoms with Gasteiger partial charge in [-0.15, -0.1) is 0 Å². The minimum atomic E-state index is 0.409. The number of nitrogens with zero attached hydrogens (tertiary/aromatic N) is 1. The summed E-state index contributed by atoms with van der Waals surface area (Å²) in [5, 5.41) is 7.26. The van der Waals surface area contributed by atoms with Gasteiger partial charge in [0.05, 0.1) is 0 Å². The Kier molecular flexibility index (Phi) is 4.83. The molecule has 2 N–H and O–H groups in total. The van der Waals surface area contributed by atoms with E-state index in [0.717, 1.165) is 6.54 Å². The molecule has 2 aliphatic heterocycles. The van der Waals surface area contributed by atoms with Gasteiger partial charge in [0.15, 0.2) is 0 Å². The highest BCUT2D eigenvalue weighted by Gasteiger charge is 2.31. The number of piperidine rings is 1. The van der Waals surface area contributed by atoms with Crippen LogP contribution in [0, 0.1) is 5.41 Å². The van der Waals surface area contributed by atoms with Crippen molar-refractivity contribution >= 4 is 0 Å². The summed E-state index contributed by atoms with van der Waals surface area (Å²) in [6.45, 7) is 12.2. The van der Waals surface area contributed by atoms with Crippen LogP contribution in [0.2, 0.25) is 0 Å². The third-order valence-electron chi connectivity index (χ3n) is 4.37. The lowest BCUT2D eigenvalue weighted by Crippen LogP contribution is -2.53. The Morgan fingerprint density at radius 3 is 2.76 bits per heavy atom. The van der Waals surface area contributed by atoms with Crippen molar-refractivity contribution in [1.82, 2.24) is 15.5 Å². The van der Waals surface area contributed by atoms with Crippen LogP contribution < -0.4 is 10.6 Å². The van der Waals surface area contributed by atoms with Crippen LogP contribution in [0.25, 0.3) is 0 Å². The van der Waals surface area contributed by atoms with Crippen molar-refractivity contribution in [3.8, 4) is 0 Å². The maximum absolute atomic E-state index is 3.77. The summed E-state index contributed by atoms with van der Waals surface area (Å²) in [5.41, 5.74) is 0.409. The van der Waals surface area contributed by atoms with Gasteiger partial charge < -0.3 is 15.5 Å². The van der Waals surface area contributed by atoms with E-state index in [2.05, 4.69) is 29.4 Å². The lowest BCUT2D eigenvalue weighted by atomic mass is 9.80. The Balaban J connectivity index is 1.60. The van der Waals surface area contributed by atoms with Crippen LogP contribution in [-0.4, -0.2) is 50.2 Å². The highest BCUT2D eigenvalue weighted by atomic mass is 15.1. The second kappa shape index (κ2) is 6.17. The Bertz CT molecular complexity index is 222. The smallest absolute Gasteiger partial charge is 0.0142 e. The minimum Gasteiger partial charge on any atom is -0.316 e. The molecule has 100 valence electrons. The Morgan fingerprint density at radius 2 is 2.06 bits per heavy atom. The molecule has 2 aliphatic rings. The number of rotatable bonds is 5. The molecule has 0 aromatic carbocycles. The molecule has 0 amide bonds. The van der Waals surface area contributed by atoms with Gasteiger partial charge in [0.1, 0.15) is 0 Å². The van der Waals surface area contributed by atoms with E-state index in [4.69, 9.17) is 0 Å². The summed E-state index contributed by atoms with van der Waals surface area (Å²) in [6.07, 6.45) is 5.40. The molecule has 17 heavy (non-hydrogen) atoms. The first-order chi connectivity index (χ1) is 8.18. The maximum atomic E-state index is 3.77. The number of hydrogen-bond acceptors (Lipinski definition) is 3. The van der Waals surface area contributed by atoms with Gasteiger partial charge in [0.25, 0.3) is 0 Å². The average molecular weight is 239 g/mol. The molecule has 2 rings (SSSR count). The van der Waals surface area contributed by atoms with Crippen LogP contribution in [0.1, 0.15) is 39.5 Å². The van der Waals surface area contributed by atoms with E-state index in [-0.39, 0.29) is 0 Å². The highest BCUT2D eigenvalue weighted by Crippen LogP contribution is 2.24. The van der Waals surface area contributed by atoms with Crippen molar-refractivity contribution < 1.29 is 0 Å². The third kappa shape index (κ3) is 3.94. The van der Waals surface area contributed by atoms with Gasteiger partial charge in [0, 0.05) is 12.6 Å². The standard InChI is InChI=1S/C14H29N3/c1-14(2)12-15-8-6-13(14)16-7-5-11-17-9-3-4-10-17/h13,15-16H,3-12H2,1-2H3. The number of likely N-dealkylation sites (tertiary alicyclic amines) is 1. The summed E-state index contributed by atoms with van der Waals surface area (Å²) < 4.78 is 0. The molecular weight excluding hydrogens is 210 g/mol. The molecule has 3 nitrogen and oxygen atoms in total. The Hall–Kier alpha value is -0.120. The van der Waals surface area contributed by atoms with Gasteiger partial charge in [0.2, 0.25) is 0 Å². The second-order valence-corrected chi connectivity index (χ2v) is 6.36. The van der Waals surface area contributed by atoms with E-state index in [9.17, 15) is 0 Å². The van der Waals surface area contributed by atoms with Crippen molar-refractivity contribution in [2.45, 2.75) is 45.6 Å². The fourth-order valence-electron chi connectivity index (χ4n) is 3.13. The summed E-state index contributed by atoms with van der Waals surface area (Å²) in [6, 6.07) is 0.697. The molecule has 0 saturated carbocycles. The first-order valence-corrected chi connectivity index (χ1v) is 7.35. The summed E-state index contributed by atoms with van der Waals surface area (Å²) >= 11 is 0. The molecule has 0 aromatic rings. The van der Waals surface area contributed by atoms with Crippen LogP contribution in [0.5, 0.6) is 0 Å². The monoisotopic (exact) mass is 239 g/mol. The third-order valence-corrected chi connectivity index (χ3v) is 4.37. The molecular formula is C14H29N3. The van der Waals surface area contributed by atoms with Crippen LogP contribution in [0.15, 0.2) is 0 Å². The summed E-state index contributed by atoms with van der Waals surface area (Å²) in [7, 11) is 0. The lowest BCUT2D eigenvalue weighted by Gasteiger charge is -2.39. The molecule has 0 spiro atoms. The van der Waals surface area contributed by atoms with Crippen molar-refractivity contribution in [3.05, 3.63) is 0 Å². The highest BCUT2D eigenvalue weighted by molar-refractivity contribution is 4.90. The van der Waals surface area contributed by atoms with E-state index in [0.29, 0.717) is 11.5 Å². The fourth-order valence-corrected chi connectivity index (χ4v) is 3.13. The zero-order chi connectivity index (χ0) is 12.1. The molecule has 2 fully saturated rings. The SMILES string of the molecule is CC1(C)CNCCC1NCCCN1CCCC1. The second-order valence-electron chi connectivity index (χ2n) is 6.36. The predicted octanol–water partition coefficient (Wildman–Crippen LogP) is 1.45. The molecule has 2 heterocycles. The van der Waals surface area contributed by atoms with Crippen molar-refractivity contribution in [2.75, 3.05) is 39.3 Å². The molecule has 3 heteroatoms. The first-order valence-electron chi connectivity index (χ1n) is 7.35.